The zero-order chi connectivity index (χ0) is 11.4. The fraction of sp³-hybridized carbons (Fsp3) is 1.00. The summed E-state index contributed by atoms with van der Waals surface area (Å²) in [5.41, 5.74) is 0. The van der Waals surface area contributed by atoms with Crippen LogP contribution in [-0.2, 0) is 0 Å². The minimum absolute atomic E-state index is 0.246. The van der Waals surface area contributed by atoms with Gasteiger partial charge in [-0.2, -0.15) is 0 Å². The molecule has 1 saturated heterocycles. The van der Waals surface area contributed by atoms with Gasteiger partial charge >= 0.3 is 0 Å². The maximum atomic E-state index is 9.26. The normalized spacial score (nSPS) is 25.4. The first-order valence-electron chi connectivity index (χ1n) is 6.15. The van der Waals surface area contributed by atoms with Crippen molar-refractivity contribution in [1.82, 2.24) is 10.2 Å². The summed E-state index contributed by atoms with van der Waals surface area (Å²) in [6, 6.07) is 1.46. The Balaban J connectivity index is 2.34. The van der Waals surface area contributed by atoms with Crippen molar-refractivity contribution in [3.8, 4) is 0 Å². The Hall–Kier alpha value is -0.120. The third-order valence-corrected chi connectivity index (χ3v) is 3.40. The van der Waals surface area contributed by atoms with Crippen LogP contribution in [-0.4, -0.2) is 47.8 Å². The Bertz CT molecular complexity index is 182. The SMILES string of the molecule is CC(C)[C@@H](CO)NC1CCN(C(C)C)C1. The van der Waals surface area contributed by atoms with Gasteiger partial charge in [0.05, 0.1) is 6.61 Å². The van der Waals surface area contributed by atoms with E-state index in [9.17, 15) is 5.11 Å². The van der Waals surface area contributed by atoms with E-state index < -0.39 is 0 Å². The van der Waals surface area contributed by atoms with Crippen molar-refractivity contribution in [2.75, 3.05) is 19.7 Å². The summed E-state index contributed by atoms with van der Waals surface area (Å²) < 4.78 is 0. The van der Waals surface area contributed by atoms with Crippen molar-refractivity contribution in [3.63, 3.8) is 0 Å². The van der Waals surface area contributed by atoms with Gasteiger partial charge in [-0.1, -0.05) is 13.8 Å². The molecule has 0 bridgehead atoms. The van der Waals surface area contributed by atoms with Crippen molar-refractivity contribution in [2.24, 2.45) is 5.92 Å². The van der Waals surface area contributed by atoms with Crippen LogP contribution in [0.25, 0.3) is 0 Å². The first-order valence-corrected chi connectivity index (χ1v) is 6.15. The van der Waals surface area contributed by atoms with Gasteiger partial charge in [-0.05, 0) is 32.7 Å². The second-order valence-corrected chi connectivity index (χ2v) is 5.27. The highest BCUT2D eigenvalue weighted by molar-refractivity contribution is 4.85. The van der Waals surface area contributed by atoms with Gasteiger partial charge in [0.2, 0.25) is 0 Å². The Morgan fingerprint density at radius 2 is 2.00 bits per heavy atom. The van der Waals surface area contributed by atoms with Crippen molar-refractivity contribution >= 4 is 0 Å². The predicted molar refractivity (Wildman–Crippen MR) is 64.0 cm³/mol. The van der Waals surface area contributed by atoms with E-state index in [4.69, 9.17) is 0 Å². The molecule has 2 N–H and O–H groups in total. The van der Waals surface area contributed by atoms with E-state index in [1.807, 2.05) is 0 Å². The van der Waals surface area contributed by atoms with Crippen molar-refractivity contribution in [1.29, 1.82) is 0 Å². The van der Waals surface area contributed by atoms with Gasteiger partial charge in [0.15, 0.2) is 0 Å². The molecule has 15 heavy (non-hydrogen) atoms. The van der Waals surface area contributed by atoms with E-state index in [0.29, 0.717) is 18.0 Å². The number of aliphatic hydroxyl groups is 1. The second-order valence-electron chi connectivity index (χ2n) is 5.27. The van der Waals surface area contributed by atoms with Gasteiger partial charge in [0.25, 0.3) is 0 Å². The van der Waals surface area contributed by atoms with Gasteiger partial charge in [-0.15, -0.1) is 0 Å². The standard InChI is InChI=1S/C12H26N2O/c1-9(2)12(8-15)13-11-5-6-14(7-11)10(3)4/h9-13,15H,5-8H2,1-4H3/t11?,12-/m1/s1. The molecule has 1 aliphatic rings. The molecule has 0 spiro atoms. The summed E-state index contributed by atoms with van der Waals surface area (Å²) in [4.78, 5) is 2.49. The minimum atomic E-state index is 0.246. The molecule has 1 rings (SSSR count). The quantitative estimate of drug-likeness (QED) is 0.719. The van der Waals surface area contributed by atoms with E-state index >= 15 is 0 Å². The van der Waals surface area contributed by atoms with Crippen LogP contribution >= 0.6 is 0 Å². The molecule has 0 radical (unpaired) electrons. The van der Waals surface area contributed by atoms with Crippen LogP contribution in [0.4, 0.5) is 0 Å². The number of aliphatic hydroxyl groups excluding tert-OH is 1. The maximum absolute atomic E-state index is 9.26. The number of rotatable bonds is 5. The molecule has 2 atom stereocenters. The lowest BCUT2D eigenvalue weighted by atomic mass is 10.0. The van der Waals surface area contributed by atoms with E-state index in [1.54, 1.807) is 0 Å². The molecule has 1 heterocycles. The lowest BCUT2D eigenvalue weighted by molar-refractivity contribution is 0.195. The Morgan fingerprint density at radius 1 is 1.33 bits per heavy atom. The smallest absolute Gasteiger partial charge is 0.0587 e. The summed E-state index contributed by atoms with van der Waals surface area (Å²) >= 11 is 0. The summed E-state index contributed by atoms with van der Waals surface area (Å²) in [5, 5.41) is 12.8. The number of nitrogens with zero attached hydrogens (tertiary/aromatic N) is 1. The van der Waals surface area contributed by atoms with Crippen LogP contribution < -0.4 is 5.32 Å². The third kappa shape index (κ3) is 3.74. The molecule has 0 amide bonds. The Kier molecular flexibility index (Phi) is 5.03. The minimum Gasteiger partial charge on any atom is -0.395 e. The van der Waals surface area contributed by atoms with Crippen LogP contribution in [0.5, 0.6) is 0 Å². The van der Waals surface area contributed by atoms with Crippen LogP contribution in [0.15, 0.2) is 0 Å². The molecule has 1 unspecified atom stereocenters. The molecule has 0 aliphatic carbocycles. The summed E-state index contributed by atoms with van der Waals surface area (Å²) in [6.45, 7) is 11.4. The highest BCUT2D eigenvalue weighted by atomic mass is 16.3. The van der Waals surface area contributed by atoms with E-state index in [2.05, 4.69) is 37.9 Å². The van der Waals surface area contributed by atoms with E-state index in [1.165, 1.54) is 13.0 Å². The molecular weight excluding hydrogens is 188 g/mol. The van der Waals surface area contributed by atoms with Crippen molar-refractivity contribution in [3.05, 3.63) is 0 Å². The first kappa shape index (κ1) is 12.9. The Morgan fingerprint density at radius 3 is 2.40 bits per heavy atom. The maximum Gasteiger partial charge on any atom is 0.0587 e. The monoisotopic (exact) mass is 214 g/mol. The molecule has 1 fully saturated rings. The molecule has 3 nitrogen and oxygen atoms in total. The fourth-order valence-electron chi connectivity index (χ4n) is 2.15. The van der Waals surface area contributed by atoms with Gasteiger partial charge in [0.1, 0.15) is 0 Å². The number of hydrogen-bond donors (Lipinski definition) is 2. The number of hydrogen-bond acceptors (Lipinski definition) is 3. The molecule has 0 saturated carbocycles. The second kappa shape index (κ2) is 5.83. The van der Waals surface area contributed by atoms with Crippen LogP contribution in [0.1, 0.15) is 34.1 Å². The number of likely N-dealkylation sites (tertiary alicyclic amines) is 1. The predicted octanol–water partition coefficient (Wildman–Crippen LogP) is 1.08. The fourth-order valence-corrected chi connectivity index (χ4v) is 2.15. The third-order valence-electron chi connectivity index (χ3n) is 3.40. The van der Waals surface area contributed by atoms with Gasteiger partial charge in [-0.3, -0.25) is 4.90 Å². The molecule has 0 aromatic heterocycles. The number of nitrogens with one attached hydrogen (secondary N) is 1. The molecule has 0 aromatic rings. The Labute approximate surface area is 93.9 Å². The van der Waals surface area contributed by atoms with Crippen molar-refractivity contribution < 1.29 is 5.11 Å². The average Bonchev–Trinajstić information content (AvgIpc) is 2.61. The van der Waals surface area contributed by atoms with Crippen LogP contribution in [0.2, 0.25) is 0 Å². The van der Waals surface area contributed by atoms with Gasteiger partial charge in [0, 0.05) is 24.7 Å². The summed E-state index contributed by atoms with van der Waals surface area (Å²) in [6.07, 6.45) is 1.21. The zero-order valence-corrected chi connectivity index (χ0v) is 10.5. The lowest BCUT2D eigenvalue weighted by Gasteiger charge is -2.25. The molecule has 3 heteroatoms. The van der Waals surface area contributed by atoms with Crippen LogP contribution in [0, 0.1) is 5.92 Å². The van der Waals surface area contributed by atoms with Crippen molar-refractivity contribution in [2.45, 2.75) is 52.2 Å². The lowest BCUT2D eigenvalue weighted by Crippen LogP contribution is -2.45. The summed E-state index contributed by atoms with van der Waals surface area (Å²) in [5.74, 6) is 0.503. The zero-order valence-electron chi connectivity index (χ0n) is 10.5. The largest absolute Gasteiger partial charge is 0.395 e. The average molecular weight is 214 g/mol. The highest BCUT2D eigenvalue weighted by Crippen LogP contribution is 2.14. The molecule has 1 aliphatic heterocycles. The molecule has 0 aromatic carbocycles. The van der Waals surface area contributed by atoms with E-state index in [-0.39, 0.29) is 12.6 Å². The molecular formula is C12H26N2O. The topological polar surface area (TPSA) is 35.5 Å². The van der Waals surface area contributed by atoms with Gasteiger partial charge < -0.3 is 10.4 Å². The van der Waals surface area contributed by atoms with E-state index in [0.717, 1.165) is 6.54 Å². The first-order chi connectivity index (χ1) is 7.04. The summed E-state index contributed by atoms with van der Waals surface area (Å²) in [7, 11) is 0. The highest BCUT2D eigenvalue weighted by Gasteiger charge is 2.26. The van der Waals surface area contributed by atoms with Gasteiger partial charge in [-0.25, -0.2) is 0 Å². The van der Waals surface area contributed by atoms with Crippen LogP contribution in [0.3, 0.4) is 0 Å². The molecule has 90 valence electrons.